The Morgan fingerprint density at radius 2 is 2.40 bits per heavy atom. The summed E-state index contributed by atoms with van der Waals surface area (Å²) in [4.78, 5) is 10.8. The van der Waals surface area contributed by atoms with E-state index in [0.29, 0.717) is 11.4 Å². The lowest BCUT2D eigenvalue weighted by molar-refractivity contribution is 0.101. The summed E-state index contributed by atoms with van der Waals surface area (Å²) in [5.74, 6) is -0.0579. The maximum absolute atomic E-state index is 10.8. The molecule has 0 aliphatic heterocycles. The van der Waals surface area contributed by atoms with Gasteiger partial charge in [-0.2, -0.15) is 5.10 Å². The molecule has 10 heavy (non-hydrogen) atoms. The summed E-state index contributed by atoms with van der Waals surface area (Å²) in [5, 5.41) is 3.81. The molecule has 1 aromatic heterocycles. The third-order valence-corrected chi connectivity index (χ3v) is 1.30. The van der Waals surface area contributed by atoms with E-state index in [1.807, 2.05) is 0 Å². The molecule has 0 atom stereocenters. The van der Waals surface area contributed by atoms with Gasteiger partial charge < -0.3 is 5.73 Å². The highest BCUT2D eigenvalue weighted by Gasteiger charge is 2.08. The molecule has 1 heterocycles. The van der Waals surface area contributed by atoms with Crippen molar-refractivity contribution < 1.29 is 4.79 Å². The third-order valence-electron chi connectivity index (χ3n) is 1.30. The second kappa shape index (κ2) is 2.13. The largest absolute Gasteiger partial charge is 0.396 e. The van der Waals surface area contributed by atoms with Crippen LogP contribution >= 0.6 is 0 Å². The SMILES string of the molecule is CC(=O)c1c(N)cnn1C. The fraction of sp³-hybridized carbons (Fsp3) is 0.333. The molecular weight excluding hydrogens is 130 g/mol. The zero-order valence-electron chi connectivity index (χ0n) is 5.96. The molecule has 0 amide bonds. The van der Waals surface area contributed by atoms with Gasteiger partial charge in [-0.1, -0.05) is 0 Å². The highest BCUT2D eigenvalue weighted by atomic mass is 16.1. The summed E-state index contributed by atoms with van der Waals surface area (Å²) >= 11 is 0. The smallest absolute Gasteiger partial charge is 0.179 e. The molecule has 0 aliphatic carbocycles. The zero-order valence-corrected chi connectivity index (χ0v) is 5.96. The van der Waals surface area contributed by atoms with Crippen molar-refractivity contribution in [3.05, 3.63) is 11.9 Å². The number of nitrogens with zero attached hydrogens (tertiary/aromatic N) is 2. The molecular formula is C6H9N3O. The normalized spacial score (nSPS) is 9.80. The van der Waals surface area contributed by atoms with Crippen LogP contribution in [-0.2, 0) is 7.05 Å². The van der Waals surface area contributed by atoms with Crippen LogP contribution in [0.1, 0.15) is 17.4 Å². The lowest BCUT2D eigenvalue weighted by Crippen LogP contribution is -2.05. The Labute approximate surface area is 58.6 Å². The number of aryl methyl sites for hydroxylation is 1. The first-order valence-corrected chi connectivity index (χ1v) is 2.91. The molecule has 0 unspecified atom stereocenters. The van der Waals surface area contributed by atoms with E-state index < -0.39 is 0 Å². The van der Waals surface area contributed by atoms with E-state index in [4.69, 9.17) is 5.73 Å². The Hall–Kier alpha value is -1.32. The van der Waals surface area contributed by atoms with E-state index in [0.717, 1.165) is 0 Å². The summed E-state index contributed by atoms with van der Waals surface area (Å²) in [5.41, 5.74) is 6.35. The van der Waals surface area contributed by atoms with E-state index in [1.165, 1.54) is 17.8 Å². The van der Waals surface area contributed by atoms with Gasteiger partial charge in [-0.05, 0) is 0 Å². The molecule has 4 heteroatoms. The number of nitrogens with two attached hydrogens (primary N) is 1. The fourth-order valence-corrected chi connectivity index (χ4v) is 0.886. The Morgan fingerprint density at radius 3 is 2.60 bits per heavy atom. The first kappa shape index (κ1) is 6.80. The van der Waals surface area contributed by atoms with Crippen LogP contribution < -0.4 is 5.73 Å². The lowest BCUT2D eigenvalue weighted by atomic mass is 10.3. The maximum atomic E-state index is 10.8. The molecule has 4 nitrogen and oxygen atoms in total. The summed E-state index contributed by atoms with van der Waals surface area (Å²) < 4.78 is 1.47. The highest BCUT2D eigenvalue weighted by Crippen LogP contribution is 2.08. The second-order valence-corrected chi connectivity index (χ2v) is 2.13. The third kappa shape index (κ3) is 0.877. The summed E-state index contributed by atoms with van der Waals surface area (Å²) in [6, 6.07) is 0. The van der Waals surface area contributed by atoms with Crippen LogP contribution in [0.3, 0.4) is 0 Å². The number of carbonyl (C=O) groups excluding carboxylic acids is 1. The molecule has 0 bridgehead atoms. The van der Waals surface area contributed by atoms with Crippen molar-refractivity contribution in [2.75, 3.05) is 5.73 Å². The highest BCUT2D eigenvalue weighted by molar-refractivity contribution is 5.97. The Kier molecular flexibility index (Phi) is 1.45. The minimum Gasteiger partial charge on any atom is -0.396 e. The van der Waals surface area contributed by atoms with Gasteiger partial charge in [0.2, 0.25) is 0 Å². The average molecular weight is 139 g/mol. The van der Waals surface area contributed by atoms with Crippen LogP contribution in [0.25, 0.3) is 0 Å². The van der Waals surface area contributed by atoms with Crippen LogP contribution in [0.2, 0.25) is 0 Å². The van der Waals surface area contributed by atoms with Crippen LogP contribution in [-0.4, -0.2) is 15.6 Å². The van der Waals surface area contributed by atoms with Crippen molar-refractivity contribution in [3.63, 3.8) is 0 Å². The number of aromatic nitrogens is 2. The van der Waals surface area contributed by atoms with Crippen molar-refractivity contribution in [3.8, 4) is 0 Å². The Balaban J connectivity index is 3.23. The monoisotopic (exact) mass is 139 g/mol. The fourth-order valence-electron chi connectivity index (χ4n) is 0.886. The van der Waals surface area contributed by atoms with Crippen molar-refractivity contribution >= 4 is 11.5 Å². The maximum Gasteiger partial charge on any atom is 0.179 e. The molecule has 0 fully saturated rings. The van der Waals surface area contributed by atoms with E-state index in [2.05, 4.69) is 5.10 Å². The number of ketones is 1. The van der Waals surface area contributed by atoms with Crippen LogP contribution in [0.5, 0.6) is 0 Å². The minimum atomic E-state index is -0.0579. The first-order chi connectivity index (χ1) is 4.63. The molecule has 0 aliphatic rings. The summed E-state index contributed by atoms with van der Waals surface area (Å²) in [6.07, 6.45) is 1.47. The standard InChI is InChI=1S/C6H9N3O/c1-4(10)6-5(7)3-8-9(6)2/h3H,7H2,1-2H3. The van der Waals surface area contributed by atoms with E-state index in [-0.39, 0.29) is 5.78 Å². The van der Waals surface area contributed by atoms with Crippen LogP contribution in [0.15, 0.2) is 6.20 Å². The van der Waals surface area contributed by atoms with Gasteiger partial charge in [-0.15, -0.1) is 0 Å². The number of anilines is 1. The number of rotatable bonds is 1. The van der Waals surface area contributed by atoms with Gasteiger partial charge in [-0.25, -0.2) is 0 Å². The van der Waals surface area contributed by atoms with Gasteiger partial charge in [0.15, 0.2) is 5.78 Å². The molecule has 0 radical (unpaired) electrons. The molecule has 0 spiro atoms. The number of hydrogen-bond donors (Lipinski definition) is 1. The van der Waals surface area contributed by atoms with Gasteiger partial charge in [0, 0.05) is 14.0 Å². The van der Waals surface area contributed by atoms with E-state index >= 15 is 0 Å². The predicted octanol–water partition coefficient (Wildman–Crippen LogP) is 0.205. The molecule has 0 saturated carbocycles. The molecule has 0 aromatic carbocycles. The lowest BCUT2D eigenvalue weighted by Gasteiger charge is -1.95. The number of Topliss-reactive ketones (excluding diaryl/α,β-unsaturated/α-hetero) is 1. The van der Waals surface area contributed by atoms with Crippen molar-refractivity contribution in [1.29, 1.82) is 0 Å². The molecule has 54 valence electrons. The molecule has 2 N–H and O–H groups in total. The quantitative estimate of drug-likeness (QED) is 0.565. The van der Waals surface area contributed by atoms with E-state index in [9.17, 15) is 4.79 Å². The van der Waals surface area contributed by atoms with Crippen LogP contribution in [0.4, 0.5) is 5.69 Å². The number of carbonyl (C=O) groups is 1. The average Bonchev–Trinajstić information content (AvgIpc) is 2.11. The Bertz CT molecular complexity index is 244. The zero-order chi connectivity index (χ0) is 7.72. The van der Waals surface area contributed by atoms with E-state index in [1.54, 1.807) is 7.05 Å². The van der Waals surface area contributed by atoms with Gasteiger partial charge >= 0.3 is 0 Å². The van der Waals surface area contributed by atoms with Crippen molar-refractivity contribution in [2.45, 2.75) is 6.92 Å². The predicted molar refractivity (Wildman–Crippen MR) is 37.6 cm³/mol. The van der Waals surface area contributed by atoms with Gasteiger partial charge in [0.25, 0.3) is 0 Å². The van der Waals surface area contributed by atoms with Crippen molar-refractivity contribution in [2.24, 2.45) is 7.05 Å². The topological polar surface area (TPSA) is 60.9 Å². The molecule has 0 saturated heterocycles. The first-order valence-electron chi connectivity index (χ1n) is 2.91. The number of nitrogen functional groups attached to an aromatic ring is 1. The summed E-state index contributed by atoms with van der Waals surface area (Å²) in [6.45, 7) is 1.47. The Morgan fingerprint density at radius 1 is 1.80 bits per heavy atom. The van der Waals surface area contributed by atoms with Gasteiger partial charge in [0.05, 0.1) is 11.9 Å². The summed E-state index contributed by atoms with van der Waals surface area (Å²) in [7, 11) is 1.69. The van der Waals surface area contributed by atoms with Gasteiger partial charge in [-0.3, -0.25) is 9.48 Å². The van der Waals surface area contributed by atoms with Gasteiger partial charge in [0.1, 0.15) is 5.69 Å². The van der Waals surface area contributed by atoms with Crippen LogP contribution in [0, 0.1) is 0 Å². The van der Waals surface area contributed by atoms with Crippen molar-refractivity contribution in [1.82, 2.24) is 9.78 Å². The second-order valence-electron chi connectivity index (χ2n) is 2.13. The molecule has 1 aromatic rings. The number of hydrogen-bond acceptors (Lipinski definition) is 3. The minimum absolute atomic E-state index is 0.0579. The molecule has 1 rings (SSSR count).